The Labute approximate surface area is 164 Å². The largest absolute Gasteiger partial charge is 0.329 e. The topological polar surface area (TPSA) is 88.2 Å². The minimum Gasteiger partial charge on any atom is -0.329 e. The number of halogens is 1. The minimum absolute atomic E-state index is 0.226. The highest BCUT2D eigenvalue weighted by Crippen LogP contribution is 2.35. The van der Waals surface area contributed by atoms with Crippen molar-refractivity contribution in [1.82, 2.24) is 4.98 Å². The molecule has 136 valence electrons. The summed E-state index contributed by atoms with van der Waals surface area (Å²) in [5, 5.41) is 7.39. The van der Waals surface area contributed by atoms with Gasteiger partial charge in [0.2, 0.25) is 12.3 Å². The number of thiophene rings is 1. The van der Waals surface area contributed by atoms with Gasteiger partial charge in [0.1, 0.15) is 5.92 Å². The van der Waals surface area contributed by atoms with Crippen LogP contribution in [0, 0.1) is 0 Å². The first-order valence-corrected chi connectivity index (χ1v) is 9.15. The Morgan fingerprint density at radius 3 is 2.67 bits per heavy atom. The highest BCUT2D eigenvalue weighted by molar-refractivity contribution is 7.12. The molecule has 0 saturated carbocycles. The van der Waals surface area contributed by atoms with Crippen LogP contribution in [0.3, 0.4) is 0 Å². The number of amides is 2. The summed E-state index contributed by atoms with van der Waals surface area (Å²) in [7, 11) is 0. The van der Waals surface area contributed by atoms with Gasteiger partial charge in [-0.15, -0.1) is 11.3 Å². The van der Waals surface area contributed by atoms with E-state index in [9.17, 15) is 14.4 Å². The molecule has 2 amide bonds. The van der Waals surface area contributed by atoms with Crippen molar-refractivity contribution in [2.45, 2.75) is 5.92 Å². The van der Waals surface area contributed by atoms with Crippen molar-refractivity contribution in [3.05, 3.63) is 75.7 Å². The number of hydrogen-bond donors (Lipinski definition) is 2. The molecule has 3 aromatic rings. The Bertz CT molecular complexity index is 962. The smallest absolute Gasteiger partial charge is 0.241 e. The van der Waals surface area contributed by atoms with E-state index in [1.165, 1.54) is 17.5 Å². The van der Waals surface area contributed by atoms with Crippen LogP contribution in [0.2, 0.25) is 5.02 Å². The highest BCUT2D eigenvalue weighted by Gasteiger charge is 2.38. The molecule has 0 spiro atoms. The molecule has 0 saturated heterocycles. The first-order chi connectivity index (χ1) is 13.1. The number of rotatable bonds is 4. The third kappa shape index (κ3) is 4.39. The van der Waals surface area contributed by atoms with Crippen molar-refractivity contribution < 1.29 is 14.4 Å². The van der Waals surface area contributed by atoms with Gasteiger partial charge in [-0.3, -0.25) is 19.4 Å². The van der Waals surface area contributed by atoms with Crippen LogP contribution < -0.4 is 10.6 Å². The second-order valence-electron chi connectivity index (χ2n) is 5.48. The van der Waals surface area contributed by atoms with Gasteiger partial charge in [0, 0.05) is 11.9 Å². The van der Waals surface area contributed by atoms with Crippen LogP contribution in [-0.2, 0) is 9.59 Å². The van der Waals surface area contributed by atoms with Crippen LogP contribution in [0.5, 0.6) is 0 Å². The summed E-state index contributed by atoms with van der Waals surface area (Å²) in [5.74, 6) is -1.44. The lowest BCUT2D eigenvalue weighted by atomic mass is 10.00. The monoisotopic (exact) mass is 399 g/mol. The lowest BCUT2D eigenvalue weighted by Crippen LogP contribution is -2.20. The van der Waals surface area contributed by atoms with Gasteiger partial charge in [-0.05, 0) is 29.6 Å². The number of fused-ring (bicyclic) bond motifs is 1. The summed E-state index contributed by atoms with van der Waals surface area (Å²) >= 11 is 7.12. The van der Waals surface area contributed by atoms with E-state index in [-0.39, 0.29) is 11.7 Å². The number of carbonyl (C=O) groups excluding carboxylic acids is 3. The van der Waals surface area contributed by atoms with E-state index in [0.717, 1.165) is 5.69 Å². The molecule has 8 heteroatoms. The van der Waals surface area contributed by atoms with Crippen LogP contribution in [0.1, 0.15) is 21.3 Å². The molecule has 1 atom stereocenters. The lowest BCUT2D eigenvalue weighted by Gasteiger charge is -2.04. The van der Waals surface area contributed by atoms with Gasteiger partial charge >= 0.3 is 0 Å². The third-order valence-corrected chi connectivity index (χ3v) is 4.80. The Hall–Kier alpha value is -3.03. The fourth-order valence-electron chi connectivity index (χ4n) is 2.52. The summed E-state index contributed by atoms with van der Waals surface area (Å²) in [5.41, 5.74) is 1.79. The van der Waals surface area contributed by atoms with E-state index in [1.807, 2.05) is 30.3 Å². The van der Waals surface area contributed by atoms with Gasteiger partial charge < -0.3 is 10.6 Å². The molecule has 2 N–H and O–H groups in total. The zero-order valence-electron chi connectivity index (χ0n) is 13.9. The van der Waals surface area contributed by atoms with E-state index < -0.39 is 5.92 Å². The number of aromatic nitrogens is 1. The number of hydrogen-bond acceptors (Lipinski definition) is 5. The maximum atomic E-state index is 12.2. The molecule has 1 aliphatic heterocycles. The summed E-state index contributed by atoms with van der Waals surface area (Å²) in [6, 6.07) is 14.4. The van der Waals surface area contributed by atoms with E-state index >= 15 is 0 Å². The molecule has 0 fully saturated rings. The van der Waals surface area contributed by atoms with Gasteiger partial charge in [0.05, 0.1) is 21.3 Å². The lowest BCUT2D eigenvalue weighted by molar-refractivity contribution is -0.116. The van der Waals surface area contributed by atoms with Crippen LogP contribution in [0.4, 0.5) is 11.4 Å². The standard InChI is InChI=1S/C12H7ClN2O2S.C7H7NO/c13-6-4-7-10(14-5-6)9(12(17)15-7)11(16)8-2-1-3-18-8;9-6-8-7-4-2-1-3-5-7/h1-5,9H,(H,15,17);1-6H,(H,8,9). The Morgan fingerprint density at radius 2 is 2.00 bits per heavy atom. The zero-order valence-corrected chi connectivity index (χ0v) is 15.5. The molecule has 1 aromatic carbocycles. The number of ketones is 1. The second-order valence-corrected chi connectivity index (χ2v) is 6.86. The van der Waals surface area contributed by atoms with Crippen LogP contribution in [-0.4, -0.2) is 23.1 Å². The quantitative estimate of drug-likeness (QED) is 0.394. The minimum atomic E-state index is -0.865. The SMILES string of the molecule is O=C1Nc2cc(Cl)cnc2C1C(=O)c1cccs1.O=CNc1ccccc1. The molecule has 6 nitrogen and oxygen atoms in total. The van der Waals surface area contributed by atoms with Crippen molar-refractivity contribution in [2.75, 3.05) is 10.6 Å². The van der Waals surface area contributed by atoms with Gasteiger partial charge in [-0.25, -0.2) is 0 Å². The molecular formula is C19H14ClN3O3S. The zero-order chi connectivity index (χ0) is 19.2. The Balaban J connectivity index is 0.000000197. The molecule has 4 rings (SSSR count). The van der Waals surface area contributed by atoms with Gasteiger partial charge in [0.25, 0.3) is 0 Å². The van der Waals surface area contributed by atoms with Gasteiger partial charge in [0.15, 0.2) is 5.78 Å². The summed E-state index contributed by atoms with van der Waals surface area (Å²) in [6.07, 6.45) is 2.10. The number of Topliss-reactive ketones (excluding diaryl/α,β-unsaturated/α-hetero) is 1. The average molecular weight is 400 g/mol. The molecule has 3 heterocycles. The number of carbonyl (C=O) groups is 3. The maximum absolute atomic E-state index is 12.2. The Kier molecular flexibility index (Phi) is 5.95. The normalized spacial score (nSPS) is 14.4. The number of anilines is 2. The van der Waals surface area contributed by atoms with Crippen molar-refractivity contribution >= 4 is 52.4 Å². The second kappa shape index (κ2) is 8.57. The van der Waals surface area contributed by atoms with Crippen molar-refractivity contribution in [1.29, 1.82) is 0 Å². The van der Waals surface area contributed by atoms with Crippen LogP contribution in [0.25, 0.3) is 0 Å². The number of nitrogens with one attached hydrogen (secondary N) is 2. The summed E-state index contributed by atoms with van der Waals surface area (Å²) in [4.78, 5) is 38.6. The molecule has 0 aliphatic carbocycles. The average Bonchev–Trinajstić information content (AvgIpc) is 3.30. The van der Waals surface area contributed by atoms with Crippen molar-refractivity contribution in [2.24, 2.45) is 0 Å². The first-order valence-electron chi connectivity index (χ1n) is 7.89. The Morgan fingerprint density at radius 1 is 1.22 bits per heavy atom. The fraction of sp³-hybridized carbons (Fsp3) is 0.0526. The number of benzene rings is 1. The van der Waals surface area contributed by atoms with E-state index in [1.54, 1.807) is 23.6 Å². The fourth-order valence-corrected chi connectivity index (χ4v) is 3.37. The summed E-state index contributed by atoms with van der Waals surface area (Å²) in [6.45, 7) is 0. The highest BCUT2D eigenvalue weighted by atomic mass is 35.5. The first kappa shape index (κ1) is 18.8. The molecule has 27 heavy (non-hydrogen) atoms. The van der Waals surface area contributed by atoms with Crippen LogP contribution in [0.15, 0.2) is 60.1 Å². The van der Waals surface area contributed by atoms with Gasteiger partial charge in [-0.1, -0.05) is 35.9 Å². The predicted molar refractivity (Wildman–Crippen MR) is 105 cm³/mol. The summed E-state index contributed by atoms with van der Waals surface area (Å²) < 4.78 is 0. The van der Waals surface area contributed by atoms with Crippen molar-refractivity contribution in [3.8, 4) is 0 Å². The third-order valence-electron chi connectivity index (χ3n) is 3.70. The van der Waals surface area contributed by atoms with Crippen LogP contribution >= 0.6 is 22.9 Å². The molecular weight excluding hydrogens is 386 g/mol. The number of para-hydroxylation sites is 1. The number of nitrogens with zero attached hydrogens (tertiary/aromatic N) is 1. The van der Waals surface area contributed by atoms with E-state index in [4.69, 9.17) is 11.6 Å². The van der Waals surface area contributed by atoms with E-state index in [2.05, 4.69) is 15.6 Å². The molecule has 1 unspecified atom stereocenters. The maximum Gasteiger partial charge on any atom is 0.241 e. The van der Waals surface area contributed by atoms with Gasteiger partial charge in [-0.2, -0.15) is 0 Å². The number of pyridine rings is 1. The molecule has 1 aliphatic rings. The molecule has 2 aromatic heterocycles. The predicted octanol–water partition coefficient (Wildman–Crippen LogP) is 3.97. The van der Waals surface area contributed by atoms with Crippen molar-refractivity contribution in [3.63, 3.8) is 0 Å². The van der Waals surface area contributed by atoms with E-state index in [0.29, 0.717) is 27.7 Å². The molecule has 0 bridgehead atoms. The molecule has 0 radical (unpaired) electrons.